The van der Waals surface area contributed by atoms with Crippen molar-refractivity contribution in [2.24, 2.45) is 0 Å². The lowest BCUT2D eigenvalue weighted by molar-refractivity contribution is -0.146. The summed E-state index contributed by atoms with van der Waals surface area (Å²) < 4.78 is 5.57. The zero-order valence-corrected chi connectivity index (χ0v) is 16.9. The Bertz CT molecular complexity index is 1060. The van der Waals surface area contributed by atoms with Crippen LogP contribution in [-0.2, 0) is 21.7 Å². The van der Waals surface area contributed by atoms with Gasteiger partial charge in [-0.15, -0.1) is 0 Å². The van der Waals surface area contributed by atoms with Gasteiger partial charge in [0.05, 0.1) is 17.9 Å². The number of carbonyl (C=O) groups excluding carboxylic acids is 1. The molecule has 0 bridgehead atoms. The largest absolute Gasteiger partial charge is 0.375 e. The number of fused-ring (bicyclic) bond motifs is 1. The molecule has 3 aromatic rings. The Morgan fingerprint density at radius 2 is 1.97 bits per heavy atom. The van der Waals surface area contributed by atoms with Crippen LogP contribution in [0.3, 0.4) is 0 Å². The van der Waals surface area contributed by atoms with Gasteiger partial charge in [0.1, 0.15) is 0 Å². The van der Waals surface area contributed by atoms with Crippen molar-refractivity contribution < 1.29 is 14.6 Å². The van der Waals surface area contributed by atoms with E-state index in [2.05, 4.69) is 4.98 Å². The van der Waals surface area contributed by atoms with Crippen molar-refractivity contribution in [2.75, 3.05) is 12.0 Å². The maximum Gasteiger partial charge on any atom is 0.260 e. The van der Waals surface area contributed by atoms with Gasteiger partial charge in [-0.05, 0) is 48.4 Å². The number of nitrogens with zero attached hydrogens (tertiary/aromatic N) is 2. The zero-order valence-electron chi connectivity index (χ0n) is 16.2. The minimum atomic E-state index is -1.70. The monoisotopic (exact) mass is 408 g/mol. The van der Waals surface area contributed by atoms with Crippen LogP contribution in [0, 0.1) is 6.92 Å². The van der Waals surface area contributed by atoms with Gasteiger partial charge in [0.15, 0.2) is 11.7 Å². The molecule has 0 radical (unpaired) electrons. The fourth-order valence-electron chi connectivity index (χ4n) is 4.05. The standard InChI is InChI=1S/C23H21ClN2O3/c1-15-7-5-10-18-20(15)23(28,19-11-3-4-12-25-19)21(29-2)22(27)26(18)14-16-8-6-9-17(24)13-16/h3-13,21,28H,14H2,1-2H3. The van der Waals surface area contributed by atoms with Crippen molar-refractivity contribution in [1.29, 1.82) is 0 Å². The first kappa shape index (κ1) is 19.6. The maximum atomic E-state index is 13.5. The molecule has 1 N–H and O–H groups in total. The van der Waals surface area contributed by atoms with Gasteiger partial charge in [-0.25, -0.2) is 0 Å². The lowest BCUT2D eigenvalue weighted by Gasteiger charge is -2.44. The molecule has 0 spiro atoms. The Hall–Kier alpha value is -2.73. The van der Waals surface area contributed by atoms with E-state index in [1.165, 1.54) is 7.11 Å². The fourth-order valence-corrected chi connectivity index (χ4v) is 4.26. The second kappa shape index (κ2) is 7.59. The van der Waals surface area contributed by atoms with E-state index in [9.17, 15) is 9.90 Å². The molecule has 2 unspecified atom stereocenters. The van der Waals surface area contributed by atoms with E-state index < -0.39 is 11.7 Å². The van der Waals surface area contributed by atoms with Crippen LogP contribution in [0.25, 0.3) is 0 Å². The maximum absolute atomic E-state index is 13.5. The highest BCUT2D eigenvalue weighted by molar-refractivity contribution is 6.30. The number of hydrogen-bond donors (Lipinski definition) is 1. The van der Waals surface area contributed by atoms with Crippen molar-refractivity contribution in [1.82, 2.24) is 4.98 Å². The molecule has 1 aliphatic rings. The van der Waals surface area contributed by atoms with E-state index in [1.807, 2.05) is 43.3 Å². The van der Waals surface area contributed by atoms with Gasteiger partial charge < -0.3 is 14.7 Å². The number of hydrogen-bond acceptors (Lipinski definition) is 4. The molecule has 6 heteroatoms. The molecule has 2 atom stereocenters. The number of rotatable bonds is 4. The van der Waals surface area contributed by atoms with Crippen LogP contribution < -0.4 is 4.90 Å². The summed E-state index contributed by atoms with van der Waals surface area (Å²) in [5.41, 5.74) is 1.66. The van der Waals surface area contributed by atoms with Crippen molar-refractivity contribution >= 4 is 23.2 Å². The second-order valence-electron chi connectivity index (χ2n) is 7.12. The smallest absolute Gasteiger partial charge is 0.260 e. The Morgan fingerprint density at radius 1 is 1.17 bits per heavy atom. The Labute approximate surface area is 174 Å². The number of aliphatic hydroxyl groups is 1. The zero-order chi connectivity index (χ0) is 20.6. The molecule has 29 heavy (non-hydrogen) atoms. The topological polar surface area (TPSA) is 62.7 Å². The van der Waals surface area contributed by atoms with E-state index in [4.69, 9.17) is 16.3 Å². The molecule has 5 nitrogen and oxygen atoms in total. The highest BCUT2D eigenvalue weighted by atomic mass is 35.5. The molecular weight excluding hydrogens is 388 g/mol. The number of pyridine rings is 1. The normalized spacial score (nSPS) is 21.2. The average molecular weight is 409 g/mol. The van der Waals surface area contributed by atoms with Gasteiger partial charge in [-0.3, -0.25) is 9.78 Å². The molecule has 0 saturated carbocycles. The molecule has 1 aromatic heterocycles. The van der Waals surface area contributed by atoms with E-state index in [1.54, 1.807) is 35.4 Å². The van der Waals surface area contributed by atoms with Crippen LogP contribution in [0.15, 0.2) is 66.9 Å². The molecule has 0 saturated heterocycles. The summed E-state index contributed by atoms with van der Waals surface area (Å²) in [5, 5.41) is 12.5. The summed E-state index contributed by atoms with van der Waals surface area (Å²) in [5.74, 6) is -0.335. The number of amides is 1. The van der Waals surface area contributed by atoms with Gasteiger partial charge in [-0.2, -0.15) is 0 Å². The summed E-state index contributed by atoms with van der Waals surface area (Å²) in [4.78, 5) is 19.5. The quantitative estimate of drug-likeness (QED) is 0.712. The number of methoxy groups -OCH3 is 1. The number of carbonyl (C=O) groups is 1. The summed E-state index contributed by atoms with van der Waals surface area (Å²) in [7, 11) is 1.43. The first-order valence-electron chi connectivity index (χ1n) is 9.29. The van der Waals surface area contributed by atoms with Crippen LogP contribution in [0.1, 0.15) is 22.4 Å². The molecule has 1 amide bonds. The highest BCUT2D eigenvalue weighted by Crippen LogP contribution is 2.45. The Kier molecular flexibility index (Phi) is 5.13. The van der Waals surface area contributed by atoms with Crippen LogP contribution in [-0.4, -0.2) is 29.2 Å². The minimum Gasteiger partial charge on any atom is -0.375 e. The van der Waals surface area contributed by atoms with Crippen molar-refractivity contribution in [3.05, 3.63) is 94.3 Å². The van der Waals surface area contributed by atoms with Crippen LogP contribution in [0.2, 0.25) is 5.02 Å². The summed E-state index contributed by atoms with van der Waals surface area (Å²) in [6.45, 7) is 2.22. The van der Waals surface area contributed by atoms with Gasteiger partial charge >= 0.3 is 0 Å². The van der Waals surface area contributed by atoms with Crippen LogP contribution in [0.4, 0.5) is 5.69 Å². The first-order valence-corrected chi connectivity index (χ1v) is 9.67. The minimum absolute atomic E-state index is 0.313. The number of benzene rings is 2. The molecule has 2 heterocycles. The molecule has 0 fully saturated rings. The first-order chi connectivity index (χ1) is 14.0. The highest BCUT2D eigenvalue weighted by Gasteiger charge is 2.53. The molecule has 2 aromatic carbocycles. The van der Waals surface area contributed by atoms with Crippen molar-refractivity contribution in [2.45, 2.75) is 25.2 Å². The van der Waals surface area contributed by atoms with Gasteiger partial charge in [0, 0.05) is 23.9 Å². The Balaban J connectivity index is 1.92. The van der Waals surface area contributed by atoms with E-state index in [0.717, 1.165) is 11.1 Å². The second-order valence-corrected chi connectivity index (χ2v) is 7.56. The third kappa shape index (κ3) is 3.21. The Morgan fingerprint density at radius 3 is 2.66 bits per heavy atom. The SMILES string of the molecule is COC1C(=O)N(Cc2cccc(Cl)c2)c2cccc(C)c2C1(O)c1ccccn1. The molecule has 4 rings (SSSR count). The predicted molar refractivity (Wildman–Crippen MR) is 112 cm³/mol. The number of aryl methyl sites for hydroxylation is 1. The van der Waals surface area contributed by atoms with E-state index >= 15 is 0 Å². The molecule has 0 aliphatic carbocycles. The van der Waals surface area contributed by atoms with Gasteiger partial charge in [-0.1, -0.05) is 41.9 Å². The summed E-state index contributed by atoms with van der Waals surface area (Å²) in [6, 6.07) is 18.3. The van der Waals surface area contributed by atoms with Gasteiger partial charge in [0.25, 0.3) is 5.91 Å². The van der Waals surface area contributed by atoms with E-state index in [0.29, 0.717) is 28.5 Å². The molecular formula is C23H21ClN2O3. The third-order valence-electron chi connectivity index (χ3n) is 5.31. The van der Waals surface area contributed by atoms with Crippen molar-refractivity contribution in [3.63, 3.8) is 0 Å². The number of halogens is 1. The lowest BCUT2D eigenvalue weighted by atomic mass is 9.77. The summed E-state index contributed by atoms with van der Waals surface area (Å²) >= 11 is 6.13. The lowest BCUT2D eigenvalue weighted by Crippen LogP contribution is -2.57. The summed E-state index contributed by atoms with van der Waals surface area (Å²) in [6.07, 6.45) is 0.464. The number of anilines is 1. The number of aromatic nitrogens is 1. The van der Waals surface area contributed by atoms with Crippen LogP contribution >= 0.6 is 11.6 Å². The average Bonchev–Trinajstić information content (AvgIpc) is 2.72. The molecule has 148 valence electrons. The fraction of sp³-hybridized carbons (Fsp3) is 0.217. The third-order valence-corrected chi connectivity index (χ3v) is 5.55. The van der Waals surface area contributed by atoms with Crippen molar-refractivity contribution in [3.8, 4) is 0 Å². The van der Waals surface area contributed by atoms with E-state index in [-0.39, 0.29) is 5.91 Å². The van der Waals surface area contributed by atoms with Gasteiger partial charge in [0.2, 0.25) is 0 Å². The molecule has 1 aliphatic heterocycles. The number of ether oxygens (including phenoxy) is 1. The predicted octanol–water partition coefficient (Wildman–Crippen LogP) is 3.84. The van der Waals surface area contributed by atoms with Crippen LogP contribution in [0.5, 0.6) is 0 Å².